The maximum Gasteiger partial charge on any atom is 0.129 e. The average Bonchev–Trinajstić information content (AvgIpc) is 1.85. The van der Waals surface area contributed by atoms with Crippen molar-refractivity contribution in [2.24, 2.45) is 5.92 Å². The maximum absolute atomic E-state index is 3.37. The summed E-state index contributed by atoms with van der Waals surface area (Å²) in [5.74, 6) is 3.85. The zero-order valence-electron chi connectivity index (χ0n) is 9.15. The largest absolute Gasteiger partial charge is 0.129 e. The van der Waals surface area contributed by atoms with Crippen molar-refractivity contribution in [1.29, 1.82) is 0 Å². The van der Waals surface area contributed by atoms with Crippen molar-refractivity contribution in [3.63, 3.8) is 0 Å². The molecule has 0 N–H and O–H groups in total. The Kier molecular flexibility index (Phi) is 4.34. The highest BCUT2D eigenvalue weighted by atomic mass is 28.3. The lowest BCUT2D eigenvalue weighted by Crippen LogP contribution is -2.16. The van der Waals surface area contributed by atoms with Crippen molar-refractivity contribution < 1.29 is 0 Å². The molecule has 0 heterocycles. The third-order valence-corrected chi connectivity index (χ3v) is 2.39. The van der Waals surface area contributed by atoms with Gasteiger partial charge >= 0.3 is 0 Å². The molecule has 0 unspecified atom stereocenters. The number of hydrogen-bond donors (Lipinski definition) is 0. The Morgan fingerprint density at radius 2 is 1.75 bits per heavy atom. The standard InChI is InChI=1S/C11H20Si/c1-7-11(10(2)3)8-9-12(4,5)6/h7,10H,1-6H3/b11-7-. The number of allylic oxidation sites excluding steroid dienone is 2. The van der Waals surface area contributed by atoms with Gasteiger partial charge in [0.1, 0.15) is 8.07 Å². The summed E-state index contributed by atoms with van der Waals surface area (Å²) >= 11 is 0. The van der Waals surface area contributed by atoms with Crippen LogP contribution in [0.4, 0.5) is 0 Å². The van der Waals surface area contributed by atoms with Gasteiger partial charge in [-0.3, -0.25) is 0 Å². The van der Waals surface area contributed by atoms with Gasteiger partial charge in [0.05, 0.1) is 0 Å². The average molecular weight is 180 g/mol. The van der Waals surface area contributed by atoms with E-state index in [0.29, 0.717) is 5.92 Å². The monoisotopic (exact) mass is 180 g/mol. The van der Waals surface area contributed by atoms with Crippen molar-refractivity contribution in [2.75, 3.05) is 0 Å². The van der Waals surface area contributed by atoms with Crippen molar-refractivity contribution in [1.82, 2.24) is 0 Å². The van der Waals surface area contributed by atoms with E-state index in [1.807, 2.05) is 0 Å². The summed E-state index contributed by atoms with van der Waals surface area (Å²) in [4.78, 5) is 0. The van der Waals surface area contributed by atoms with Gasteiger partial charge in [-0.15, -0.1) is 5.54 Å². The lowest BCUT2D eigenvalue weighted by atomic mass is 10.0. The Hall–Kier alpha value is -0.483. The Morgan fingerprint density at radius 3 is 2.00 bits per heavy atom. The first kappa shape index (κ1) is 11.5. The van der Waals surface area contributed by atoms with E-state index >= 15 is 0 Å². The van der Waals surface area contributed by atoms with Crippen LogP contribution >= 0.6 is 0 Å². The molecule has 0 atom stereocenters. The molecule has 0 rings (SSSR count). The summed E-state index contributed by atoms with van der Waals surface area (Å²) in [7, 11) is -1.18. The minimum Gasteiger partial charge on any atom is -0.127 e. The molecule has 0 aromatic rings. The summed E-state index contributed by atoms with van der Waals surface area (Å²) in [6.07, 6.45) is 2.12. The molecule has 0 aliphatic carbocycles. The van der Waals surface area contributed by atoms with Crippen molar-refractivity contribution in [3.8, 4) is 11.5 Å². The van der Waals surface area contributed by atoms with Crippen LogP contribution < -0.4 is 0 Å². The molecule has 0 aromatic heterocycles. The first-order chi connectivity index (χ1) is 5.37. The van der Waals surface area contributed by atoms with Crippen LogP contribution in [0.3, 0.4) is 0 Å². The van der Waals surface area contributed by atoms with Gasteiger partial charge in [0.2, 0.25) is 0 Å². The molecular weight excluding hydrogens is 160 g/mol. The molecule has 0 saturated heterocycles. The van der Waals surface area contributed by atoms with Crippen LogP contribution in [0.25, 0.3) is 0 Å². The Morgan fingerprint density at radius 1 is 1.25 bits per heavy atom. The van der Waals surface area contributed by atoms with Gasteiger partial charge in [-0.05, 0) is 18.4 Å². The minimum absolute atomic E-state index is 0.568. The van der Waals surface area contributed by atoms with Gasteiger partial charge in [-0.2, -0.15) is 0 Å². The van der Waals surface area contributed by atoms with E-state index in [0.717, 1.165) is 0 Å². The van der Waals surface area contributed by atoms with Crippen molar-refractivity contribution >= 4 is 8.07 Å². The topological polar surface area (TPSA) is 0 Å². The number of rotatable bonds is 1. The molecule has 1 heteroatoms. The Balaban J connectivity index is 4.49. The van der Waals surface area contributed by atoms with E-state index in [2.05, 4.69) is 58.0 Å². The summed E-state index contributed by atoms with van der Waals surface area (Å²) in [5.41, 5.74) is 4.65. The summed E-state index contributed by atoms with van der Waals surface area (Å²) in [5, 5.41) is 0. The van der Waals surface area contributed by atoms with Gasteiger partial charge in [-0.25, -0.2) is 0 Å². The second-order valence-electron chi connectivity index (χ2n) is 4.40. The molecule has 0 bridgehead atoms. The van der Waals surface area contributed by atoms with Gasteiger partial charge in [0.25, 0.3) is 0 Å². The van der Waals surface area contributed by atoms with Crippen LogP contribution in [0.5, 0.6) is 0 Å². The van der Waals surface area contributed by atoms with Crippen molar-refractivity contribution in [2.45, 2.75) is 40.4 Å². The summed E-state index contributed by atoms with van der Waals surface area (Å²) in [6.45, 7) is 13.3. The van der Waals surface area contributed by atoms with Gasteiger partial charge < -0.3 is 0 Å². The Labute approximate surface area is 78.1 Å². The lowest BCUT2D eigenvalue weighted by molar-refractivity contribution is 0.797. The molecule has 0 spiro atoms. The first-order valence-corrected chi connectivity index (χ1v) is 8.06. The third kappa shape index (κ3) is 5.20. The molecule has 0 aliphatic rings. The summed E-state index contributed by atoms with van der Waals surface area (Å²) in [6, 6.07) is 0. The van der Waals surface area contributed by atoms with E-state index in [-0.39, 0.29) is 0 Å². The van der Waals surface area contributed by atoms with Crippen LogP contribution in [0.1, 0.15) is 20.8 Å². The van der Waals surface area contributed by atoms with Gasteiger partial charge in [0.15, 0.2) is 0 Å². The van der Waals surface area contributed by atoms with Crippen molar-refractivity contribution in [3.05, 3.63) is 11.6 Å². The van der Waals surface area contributed by atoms with E-state index in [4.69, 9.17) is 0 Å². The van der Waals surface area contributed by atoms with Crippen LogP contribution in [-0.2, 0) is 0 Å². The molecule has 0 radical (unpaired) electrons. The fourth-order valence-electron chi connectivity index (χ4n) is 0.810. The Bertz CT molecular complexity index is 218. The van der Waals surface area contributed by atoms with E-state index in [9.17, 15) is 0 Å². The molecule has 0 aliphatic heterocycles. The van der Waals surface area contributed by atoms with Crippen LogP contribution in [0.2, 0.25) is 19.6 Å². The fraction of sp³-hybridized carbons (Fsp3) is 0.636. The van der Waals surface area contributed by atoms with E-state index in [1.165, 1.54) is 5.57 Å². The lowest BCUT2D eigenvalue weighted by Gasteiger charge is -2.06. The first-order valence-electron chi connectivity index (χ1n) is 4.56. The van der Waals surface area contributed by atoms with E-state index < -0.39 is 8.07 Å². The molecule has 0 nitrogen and oxygen atoms in total. The molecule has 68 valence electrons. The molecule has 0 fully saturated rings. The van der Waals surface area contributed by atoms with Crippen LogP contribution in [-0.4, -0.2) is 8.07 Å². The fourth-order valence-corrected chi connectivity index (χ4v) is 1.33. The minimum atomic E-state index is -1.18. The van der Waals surface area contributed by atoms with E-state index in [1.54, 1.807) is 0 Å². The maximum atomic E-state index is 3.37. The normalized spacial score (nSPS) is 12.8. The number of hydrogen-bond acceptors (Lipinski definition) is 0. The molecular formula is C11H20Si. The molecule has 0 amide bonds. The van der Waals surface area contributed by atoms with Gasteiger partial charge in [-0.1, -0.05) is 45.5 Å². The highest BCUT2D eigenvalue weighted by Gasteiger charge is 2.08. The third-order valence-electron chi connectivity index (χ3n) is 1.51. The SMILES string of the molecule is C/C=C(/C#C[Si](C)(C)C)C(C)C. The summed E-state index contributed by atoms with van der Waals surface area (Å²) < 4.78 is 0. The highest BCUT2D eigenvalue weighted by molar-refractivity contribution is 6.83. The van der Waals surface area contributed by atoms with Crippen LogP contribution in [0.15, 0.2) is 11.6 Å². The molecule has 0 aromatic carbocycles. The molecule has 0 saturated carbocycles. The smallest absolute Gasteiger partial charge is 0.127 e. The molecule has 12 heavy (non-hydrogen) atoms. The second-order valence-corrected chi connectivity index (χ2v) is 9.15. The highest BCUT2D eigenvalue weighted by Crippen LogP contribution is 2.08. The predicted molar refractivity (Wildman–Crippen MR) is 59.7 cm³/mol. The second kappa shape index (κ2) is 4.52. The zero-order chi connectivity index (χ0) is 9.78. The zero-order valence-corrected chi connectivity index (χ0v) is 10.2. The van der Waals surface area contributed by atoms with Gasteiger partial charge in [0, 0.05) is 0 Å². The predicted octanol–water partition coefficient (Wildman–Crippen LogP) is 3.47. The quantitative estimate of drug-likeness (QED) is 0.428. The van der Waals surface area contributed by atoms with Crippen LogP contribution in [0, 0.1) is 17.4 Å².